The standard InChI is InChI=1S/C2H5O4.Zr/c3-1-2(4,5)6;/h1,3-6H;. The predicted octanol–water partition coefficient (Wildman–Crippen LogP) is -1.85. The third-order valence-electron chi connectivity index (χ3n) is 0.173. The van der Waals surface area contributed by atoms with Crippen LogP contribution in [0, 0.1) is 6.61 Å². The average molecular weight is 184 g/mol. The average Bonchev–Trinajstić information content (AvgIpc) is 1.35. The third kappa shape index (κ3) is 10.8. The maximum absolute atomic E-state index is 7.63. The maximum atomic E-state index is 7.63. The van der Waals surface area contributed by atoms with Gasteiger partial charge in [-0.1, -0.05) is 0 Å². The predicted molar refractivity (Wildman–Crippen MR) is 15.6 cm³/mol. The van der Waals surface area contributed by atoms with E-state index in [1.165, 1.54) is 0 Å². The summed E-state index contributed by atoms with van der Waals surface area (Å²) in [7, 11) is 0. The maximum Gasteiger partial charge on any atom is 0.305 e. The van der Waals surface area contributed by atoms with Crippen molar-refractivity contribution in [2.75, 3.05) is 0 Å². The fourth-order valence-electron chi connectivity index (χ4n) is 0. The van der Waals surface area contributed by atoms with Crippen LogP contribution in [0.25, 0.3) is 0 Å². The van der Waals surface area contributed by atoms with Crippen LogP contribution in [0.3, 0.4) is 0 Å². The minimum absolute atomic E-state index is 0. The molecule has 0 bridgehead atoms. The van der Waals surface area contributed by atoms with Gasteiger partial charge in [0.25, 0.3) is 0 Å². The van der Waals surface area contributed by atoms with Gasteiger partial charge in [-0.3, -0.25) is 0 Å². The summed E-state index contributed by atoms with van der Waals surface area (Å²) in [4.78, 5) is 0. The number of aliphatic hydroxyl groups is 4. The van der Waals surface area contributed by atoms with Gasteiger partial charge < -0.3 is 20.4 Å². The van der Waals surface area contributed by atoms with Crippen molar-refractivity contribution in [3.8, 4) is 0 Å². The molecule has 0 aliphatic carbocycles. The van der Waals surface area contributed by atoms with E-state index < -0.39 is 5.97 Å². The van der Waals surface area contributed by atoms with E-state index in [-0.39, 0.29) is 32.8 Å². The molecule has 0 aromatic rings. The van der Waals surface area contributed by atoms with E-state index in [4.69, 9.17) is 20.4 Å². The van der Waals surface area contributed by atoms with Crippen molar-refractivity contribution < 1.29 is 46.6 Å². The van der Waals surface area contributed by atoms with Crippen LogP contribution in [0.15, 0.2) is 0 Å². The van der Waals surface area contributed by atoms with Gasteiger partial charge in [0.15, 0.2) is 6.61 Å². The molecule has 0 aromatic heterocycles. The first-order chi connectivity index (χ1) is 2.56. The van der Waals surface area contributed by atoms with Crippen LogP contribution < -0.4 is 0 Å². The van der Waals surface area contributed by atoms with Crippen LogP contribution in [0.2, 0.25) is 0 Å². The van der Waals surface area contributed by atoms with Crippen LogP contribution in [-0.2, 0) is 26.2 Å². The van der Waals surface area contributed by atoms with E-state index in [2.05, 4.69) is 0 Å². The van der Waals surface area contributed by atoms with Gasteiger partial charge in [-0.05, 0) is 0 Å². The molecule has 4 N–H and O–H groups in total. The summed E-state index contributed by atoms with van der Waals surface area (Å²) >= 11 is 0. The van der Waals surface area contributed by atoms with Crippen molar-refractivity contribution >= 4 is 0 Å². The molecule has 0 heterocycles. The van der Waals surface area contributed by atoms with Gasteiger partial charge in [0.05, 0.1) is 0 Å². The minimum Gasteiger partial charge on any atom is -0.382 e. The van der Waals surface area contributed by atoms with E-state index >= 15 is 0 Å². The van der Waals surface area contributed by atoms with Gasteiger partial charge in [0.2, 0.25) is 0 Å². The van der Waals surface area contributed by atoms with Gasteiger partial charge in [0, 0.05) is 26.2 Å². The molecule has 0 spiro atoms. The quantitative estimate of drug-likeness (QED) is 0.361. The zero-order valence-corrected chi connectivity index (χ0v) is 5.82. The Hall–Kier alpha value is 0.723. The van der Waals surface area contributed by atoms with Gasteiger partial charge >= 0.3 is 5.97 Å². The minimum atomic E-state index is -3.03. The topological polar surface area (TPSA) is 80.9 Å². The normalized spacial score (nSPS) is 10.3. The first kappa shape index (κ1) is 10.7. The second-order valence-corrected chi connectivity index (χ2v) is 0.816. The molecule has 0 unspecified atom stereocenters. The molecule has 5 heteroatoms. The zero-order chi connectivity index (χ0) is 5.21. The Morgan fingerprint density at radius 3 is 1.29 bits per heavy atom. The summed E-state index contributed by atoms with van der Waals surface area (Å²) in [5.41, 5.74) is 0. The molecule has 0 rings (SSSR count). The molecule has 41 valence electrons. The van der Waals surface area contributed by atoms with Crippen LogP contribution >= 0.6 is 0 Å². The summed E-state index contributed by atoms with van der Waals surface area (Å²) in [6.07, 6.45) is 0. The van der Waals surface area contributed by atoms with Crippen LogP contribution in [0.4, 0.5) is 0 Å². The summed E-state index contributed by atoms with van der Waals surface area (Å²) < 4.78 is 0. The molecule has 7 heavy (non-hydrogen) atoms. The number of hydrogen-bond acceptors (Lipinski definition) is 4. The van der Waals surface area contributed by atoms with Gasteiger partial charge in [-0.2, -0.15) is 0 Å². The van der Waals surface area contributed by atoms with Crippen LogP contribution in [0.1, 0.15) is 0 Å². The SMILES string of the molecule is O[CH]C(O)(O)O.[Zr]. The Balaban J connectivity index is 0. The molecule has 1 radical (unpaired) electrons. The Kier molecular flexibility index (Phi) is 5.62. The van der Waals surface area contributed by atoms with Gasteiger partial charge in [0.1, 0.15) is 0 Å². The Morgan fingerprint density at radius 1 is 1.14 bits per heavy atom. The summed E-state index contributed by atoms with van der Waals surface area (Å²) in [5, 5.41) is 30.4. The van der Waals surface area contributed by atoms with Crippen LogP contribution in [-0.4, -0.2) is 26.4 Å². The fraction of sp³-hybridized carbons (Fsp3) is 0.500. The van der Waals surface area contributed by atoms with Crippen molar-refractivity contribution in [2.24, 2.45) is 0 Å². The van der Waals surface area contributed by atoms with Crippen molar-refractivity contribution in [3.05, 3.63) is 6.61 Å². The molecular formula is C2H5O4Zr. The zero-order valence-electron chi connectivity index (χ0n) is 3.37. The molecule has 0 fully saturated rings. The summed E-state index contributed by atoms with van der Waals surface area (Å²) in [6, 6.07) is 0. The van der Waals surface area contributed by atoms with Gasteiger partial charge in [-0.25, -0.2) is 0 Å². The Labute approximate surface area is 59.5 Å². The molecule has 0 atom stereocenters. The smallest absolute Gasteiger partial charge is 0.305 e. The van der Waals surface area contributed by atoms with Crippen molar-refractivity contribution in [1.29, 1.82) is 0 Å². The second kappa shape index (κ2) is 3.69. The molecule has 0 aliphatic rings. The second-order valence-electron chi connectivity index (χ2n) is 0.816. The van der Waals surface area contributed by atoms with Crippen molar-refractivity contribution in [3.63, 3.8) is 0 Å². The number of rotatable bonds is 1. The van der Waals surface area contributed by atoms with Crippen molar-refractivity contribution in [2.45, 2.75) is 5.97 Å². The summed E-state index contributed by atoms with van der Waals surface area (Å²) in [5.74, 6) is -3.03. The number of hydrogen-bond donors (Lipinski definition) is 4. The summed E-state index contributed by atoms with van der Waals surface area (Å²) in [6.45, 7) is -0.146. The van der Waals surface area contributed by atoms with E-state index in [0.717, 1.165) is 0 Å². The Bertz CT molecular complexity index is 39.4. The van der Waals surface area contributed by atoms with E-state index in [1.54, 1.807) is 0 Å². The molecular weight excluding hydrogens is 179 g/mol. The molecule has 0 saturated carbocycles. The van der Waals surface area contributed by atoms with Gasteiger partial charge in [-0.15, -0.1) is 0 Å². The molecule has 0 saturated heterocycles. The van der Waals surface area contributed by atoms with E-state index in [9.17, 15) is 0 Å². The van der Waals surface area contributed by atoms with Crippen molar-refractivity contribution in [1.82, 2.24) is 0 Å². The third-order valence-corrected chi connectivity index (χ3v) is 0.173. The number of aliphatic hydroxyl groups excluding tert-OH is 1. The molecule has 4 nitrogen and oxygen atoms in total. The van der Waals surface area contributed by atoms with Crippen LogP contribution in [0.5, 0.6) is 0 Å². The largest absolute Gasteiger partial charge is 0.382 e. The molecule has 0 aliphatic heterocycles. The molecule has 0 aromatic carbocycles. The molecule has 0 amide bonds. The first-order valence-corrected chi connectivity index (χ1v) is 1.22. The van der Waals surface area contributed by atoms with E-state index in [1.807, 2.05) is 0 Å². The monoisotopic (exact) mass is 183 g/mol. The fourth-order valence-corrected chi connectivity index (χ4v) is 0. The Morgan fingerprint density at radius 2 is 1.29 bits per heavy atom. The first-order valence-electron chi connectivity index (χ1n) is 1.22. The van der Waals surface area contributed by atoms with E-state index in [0.29, 0.717) is 0 Å².